The SMILES string of the molecule is Cc1cnc(N2CC(C)S(=O)C(C)C2)s1. The van der Waals surface area contributed by atoms with Crippen molar-refractivity contribution in [3.05, 3.63) is 11.1 Å². The number of aromatic nitrogens is 1. The minimum atomic E-state index is -0.682. The van der Waals surface area contributed by atoms with Crippen molar-refractivity contribution in [2.45, 2.75) is 31.3 Å². The van der Waals surface area contributed by atoms with Gasteiger partial charge in [0.2, 0.25) is 0 Å². The molecule has 1 aromatic heterocycles. The summed E-state index contributed by atoms with van der Waals surface area (Å²) in [6.07, 6.45) is 1.90. The third kappa shape index (κ3) is 2.23. The van der Waals surface area contributed by atoms with E-state index < -0.39 is 10.8 Å². The van der Waals surface area contributed by atoms with E-state index in [9.17, 15) is 4.21 Å². The van der Waals surface area contributed by atoms with Crippen molar-refractivity contribution < 1.29 is 4.21 Å². The second-order valence-corrected chi connectivity index (χ2v) is 7.59. The zero-order valence-corrected chi connectivity index (χ0v) is 10.9. The maximum atomic E-state index is 11.8. The number of hydrogen-bond donors (Lipinski definition) is 0. The van der Waals surface area contributed by atoms with E-state index in [-0.39, 0.29) is 10.5 Å². The van der Waals surface area contributed by atoms with E-state index >= 15 is 0 Å². The zero-order chi connectivity index (χ0) is 11.0. The molecule has 0 amide bonds. The third-order valence-corrected chi connectivity index (χ3v) is 5.49. The Hall–Kier alpha value is -0.420. The topological polar surface area (TPSA) is 33.2 Å². The van der Waals surface area contributed by atoms with E-state index in [1.807, 2.05) is 6.20 Å². The summed E-state index contributed by atoms with van der Waals surface area (Å²) in [6, 6.07) is 0. The summed E-state index contributed by atoms with van der Waals surface area (Å²) in [6.45, 7) is 7.91. The Labute approximate surface area is 97.0 Å². The van der Waals surface area contributed by atoms with Gasteiger partial charge in [-0.15, -0.1) is 11.3 Å². The van der Waals surface area contributed by atoms with Crippen LogP contribution in [0.4, 0.5) is 5.13 Å². The third-order valence-electron chi connectivity index (χ3n) is 2.63. The molecule has 1 saturated heterocycles. The first kappa shape index (κ1) is 11.1. The van der Waals surface area contributed by atoms with Crippen LogP contribution in [-0.2, 0) is 10.8 Å². The van der Waals surface area contributed by atoms with E-state index in [2.05, 4.69) is 30.7 Å². The van der Waals surface area contributed by atoms with Crippen LogP contribution in [-0.4, -0.2) is 32.8 Å². The van der Waals surface area contributed by atoms with Gasteiger partial charge in [0.25, 0.3) is 0 Å². The first-order valence-corrected chi connectivity index (χ1v) is 7.24. The molecule has 1 fully saturated rings. The first-order chi connectivity index (χ1) is 7.08. The van der Waals surface area contributed by atoms with Crippen molar-refractivity contribution in [3.8, 4) is 0 Å². The predicted molar refractivity (Wildman–Crippen MR) is 66.1 cm³/mol. The lowest BCUT2D eigenvalue weighted by Crippen LogP contribution is -2.47. The fraction of sp³-hybridized carbons (Fsp3) is 0.700. The molecule has 2 unspecified atom stereocenters. The van der Waals surface area contributed by atoms with Gasteiger partial charge in [-0.3, -0.25) is 4.21 Å². The van der Waals surface area contributed by atoms with Crippen LogP contribution in [0.15, 0.2) is 6.20 Å². The Morgan fingerprint density at radius 1 is 1.47 bits per heavy atom. The van der Waals surface area contributed by atoms with E-state index in [4.69, 9.17) is 0 Å². The van der Waals surface area contributed by atoms with Gasteiger partial charge in [-0.25, -0.2) is 4.98 Å². The normalized spacial score (nSPS) is 31.9. The lowest BCUT2D eigenvalue weighted by Gasteiger charge is -2.34. The molecule has 1 aliphatic rings. The number of aryl methyl sites for hydroxylation is 1. The van der Waals surface area contributed by atoms with Crippen LogP contribution in [0.5, 0.6) is 0 Å². The van der Waals surface area contributed by atoms with Gasteiger partial charge < -0.3 is 4.90 Å². The molecule has 2 rings (SSSR count). The Morgan fingerprint density at radius 3 is 2.53 bits per heavy atom. The number of hydrogen-bond acceptors (Lipinski definition) is 4. The molecule has 0 N–H and O–H groups in total. The van der Waals surface area contributed by atoms with Gasteiger partial charge >= 0.3 is 0 Å². The fourth-order valence-electron chi connectivity index (χ4n) is 1.88. The lowest BCUT2D eigenvalue weighted by molar-refractivity contribution is 0.631. The number of rotatable bonds is 1. The second kappa shape index (κ2) is 4.22. The van der Waals surface area contributed by atoms with Gasteiger partial charge in [0.15, 0.2) is 5.13 Å². The van der Waals surface area contributed by atoms with Crippen LogP contribution in [0, 0.1) is 6.92 Å². The van der Waals surface area contributed by atoms with E-state index in [1.165, 1.54) is 4.88 Å². The number of anilines is 1. The van der Waals surface area contributed by atoms with Crippen molar-refractivity contribution in [1.82, 2.24) is 4.98 Å². The molecule has 0 spiro atoms. The molecule has 2 heterocycles. The molecule has 0 aromatic carbocycles. The Balaban J connectivity index is 2.15. The van der Waals surface area contributed by atoms with Crippen LogP contribution in [0.3, 0.4) is 0 Å². The summed E-state index contributed by atoms with van der Waals surface area (Å²) in [7, 11) is -0.682. The van der Waals surface area contributed by atoms with Crippen LogP contribution in [0.25, 0.3) is 0 Å². The van der Waals surface area contributed by atoms with Crippen molar-refractivity contribution >= 4 is 27.3 Å². The number of nitrogens with zero attached hydrogens (tertiary/aromatic N) is 2. The summed E-state index contributed by atoms with van der Waals surface area (Å²) in [5.41, 5.74) is 0. The van der Waals surface area contributed by atoms with Gasteiger partial charge in [-0.1, -0.05) is 0 Å². The predicted octanol–water partition coefficient (Wildman–Crippen LogP) is 1.80. The molecular formula is C10H16N2OS2. The van der Waals surface area contributed by atoms with Crippen molar-refractivity contribution in [2.75, 3.05) is 18.0 Å². The molecule has 0 saturated carbocycles. The minimum Gasteiger partial charge on any atom is -0.346 e. The van der Waals surface area contributed by atoms with E-state index in [0.29, 0.717) is 0 Å². The number of thiazole rings is 1. The fourth-order valence-corrected chi connectivity index (χ4v) is 4.11. The monoisotopic (exact) mass is 244 g/mol. The van der Waals surface area contributed by atoms with Crippen LogP contribution in [0.2, 0.25) is 0 Å². The van der Waals surface area contributed by atoms with Gasteiger partial charge in [0.1, 0.15) is 0 Å². The Bertz CT molecular complexity index is 363. The smallest absolute Gasteiger partial charge is 0.185 e. The summed E-state index contributed by atoms with van der Waals surface area (Å²) in [5.74, 6) is 0. The van der Waals surface area contributed by atoms with Crippen LogP contribution >= 0.6 is 11.3 Å². The lowest BCUT2D eigenvalue weighted by atomic mass is 10.3. The summed E-state index contributed by atoms with van der Waals surface area (Å²) in [5, 5.41) is 1.57. The standard InChI is InChI=1S/C10H16N2OS2/c1-7-4-11-10(14-7)12-5-8(2)15(13)9(3)6-12/h4,8-9H,5-6H2,1-3H3. The zero-order valence-electron chi connectivity index (χ0n) is 9.27. The molecule has 1 aliphatic heterocycles. The van der Waals surface area contributed by atoms with Crippen molar-refractivity contribution in [2.24, 2.45) is 0 Å². The molecule has 2 atom stereocenters. The molecule has 0 radical (unpaired) electrons. The Morgan fingerprint density at radius 2 is 2.07 bits per heavy atom. The largest absolute Gasteiger partial charge is 0.346 e. The molecule has 84 valence electrons. The summed E-state index contributed by atoms with van der Waals surface area (Å²) < 4.78 is 11.8. The highest BCUT2D eigenvalue weighted by Gasteiger charge is 2.29. The first-order valence-electron chi connectivity index (χ1n) is 5.14. The quantitative estimate of drug-likeness (QED) is 0.755. The molecule has 0 aliphatic carbocycles. The van der Waals surface area contributed by atoms with Crippen LogP contribution in [0.1, 0.15) is 18.7 Å². The van der Waals surface area contributed by atoms with Gasteiger partial charge in [-0.2, -0.15) is 0 Å². The van der Waals surface area contributed by atoms with Gasteiger partial charge in [0.05, 0.1) is 0 Å². The average molecular weight is 244 g/mol. The van der Waals surface area contributed by atoms with Crippen LogP contribution < -0.4 is 4.90 Å². The molecule has 15 heavy (non-hydrogen) atoms. The maximum absolute atomic E-state index is 11.8. The maximum Gasteiger partial charge on any atom is 0.185 e. The molecule has 0 bridgehead atoms. The summed E-state index contributed by atoms with van der Waals surface area (Å²) in [4.78, 5) is 7.87. The highest BCUT2D eigenvalue weighted by Crippen LogP contribution is 2.26. The Kier molecular flexibility index (Phi) is 3.11. The average Bonchev–Trinajstić information content (AvgIpc) is 2.60. The highest BCUT2D eigenvalue weighted by molar-refractivity contribution is 7.86. The summed E-state index contributed by atoms with van der Waals surface area (Å²) >= 11 is 1.72. The molecule has 5 heteroatoms. The van der Waals surface area contributed by atoms with Crippen molar-refractivity contribution in [3.63, 3.8) is 0 Å². The van der Waals surface area contributed by atoms with E-state index in [1.54, 1.807) is 11.3 Å². The molecular weight excluding hydrogens is 228 g/mol. The minimum absolute atomic E-state index is 0.248. The van der Waals surface area contributed by atoms with E-state index in [0.717, 1.165) is 18.2 Å². The second-order valence-electron chi connectivity index (χ2n) is 4.11. The van der Waals surface area contributed by atoms with Crippen molar-refractivity contribution in [1.29, 1.82) is 0 Å². The van der Waals surface area contributed by atoms with Gasteiger partial charge in [0, 0.05) is 45.5 Å². The molecule has 1 aromatic rings. The van der Waals surface area contributed by atoms with Gasteiger partial charge in [-0.05, 0) is 20.8 Å². The highest BCUT2D eigenvalue weighted by atomic mass is 32.2. The molecule has 3 nitrogen and oxygen atoms in total.